The van der Waals surface area contributed by atoms with Gasteiger partial charge in [0.15, 0.2) is 0 Å². The summed E-state index contributed by atoms with van der Waals surface area (Å²) >= 11 is 0. The molecule has 1 heterocycles. The van der Waals surface area contributed by atoms with Gasteiger partial charge in [-0.15, -0.1) is 0 Å². The lowest BCUT2D eigenvalue weighted by molar-refractivity contribution is -0.150. The number of carbonyl (C=O) groups excluding carboxylic acids is 1. The highest BCUT2D eigenvalue weighted by atomic mass is 16.5. The van der Waals surface area contributed by atoms with E-state index in [0.29, 0.717) is 19.7 Å². The van der Waals surface area contributed by atoms with Gasteiger partial charge in [-0.05, 0) is 51.3 Å². The van der Waals surface area contributed by atoms with Gasteiger partial charge in [0.25, 0.3) is 0 Å². The van der Waals surface area contributed by atoms with Gasteiger partial charge in [0.1, 0.15) is 0 Å². The van der Waals surface area contributed by atoms with Crippen molar-refractivity contribution in [1.29, 1.82) is 0 Å². The molecule has 0 aliphatic carbocycles. The van der Waals surface area contributed by atoms with Crippen molar-refractivity contribution < 1.29 is 14.6 Å². The van der Waals surface area contributed by atoms with E-state index in [1.807, 2.05) is 26.0 Å². The first-order chi connectivity index (χ1) is 10.5. The molecule has 0 saturated carbocycles. The van der Waals surface area contributed by atoms with Crippen LogP contribution < -0.4 is 0 Å². The summed E-state index contributed by atoms with van der Waals surface area (Å²) in [7, 11) is 0. The van der Waals surface area contributed by atoms with Crippen molar-refractivity contribution in [3.05, 3.63) is 34.9 Å². The Kier molecular flexibility index (Phi) is 5.98. The summed E-state index contributed by atoms with van der Waals surface area (Å²) in [6.07, 6.45) is 1.35. The summed E-state index contributed by atoms with van der Waals surface area (Å²) in [6, 6.07) is 6.13. The second-order valence-electron chi connectivity index (χ2n) is 6.23. The summed E-state index contributed by atoms with van der Waals surface area (Å²) in [4.78, 5) is 14.1. The molecule has 1 aliphatic heterocycles. The van der Waals surface area contributed by atoms with E-state index in [-0.39, 0.29) is 11.9 Å². The van der Waals surface area contributed by atoms with Crippen LogP contribution in [-0.4, -0.2) is 42.2 Å². The minimum absolute atomic E-state index is 0.0555. The lowest BCUT2D eigenvalue weighted by Gasteiger charge is -2.33. The van der Waals surface area contributed by atoms with Crippen LogP contribution in [0.1, 0.15) is 42.6 Å². The first-order valence-electron chi connectivity index (χ1n) is 8.15. The van der Waals surface area contributed by atoms with Crippen LogP contribution in [0.15, 0.2) is 18.2 Å². The average Bonchev–Trinajstić information content (AvgIpc) is 2.47. The number of esters is 1. The molecule has 2 atom stereocenters. The van der Waals surface area contributed by atoms with E-state index in [9.17, 15) is 9.90 Å². The van der Waals surface area contributed by atoms with E-state index in [4.69, 9.17) is 4.74 Å². The van der Waals surface area contributed by atoms with Crippen molar-refractivity contribution in [2.24, 2.45) is 5.92 Å². The maximum Gasteiger partial charge on any atom is 0.310 e. The Morgan fingerprint density at radius 1 is 1.45 bits per heavy atom. The smallest absolute Gasteiger partial charge is 0.310 e. The molecule has 122 valence electrons. The molecule has 4 heteroatoms. The highest BCUT2D eigenvalue weighted by Crippen LogP contribution is 2.23. The lowest BCUT2D eigenvalue weighted by atomic mass is 9.96. The number of ether oxygens (including phenoxy) is 1. The van der Waals surface area contributed by atoms with E-state index in [2.05, 4.69) is 17.9 Å². The van der Waals surface area contributed by atoms with Gasteiger partial charge < -0.3 is 9.84 Å². The molecule has 1 aromatic rings. The number of benzene rings is 1. The lowest BCUT2D eigenvalue weighted by Crippen LogP contribution is -2.41. The van der Waals surface area contributed by atoms with E-state index in [1.54, 1.807) is 0 Å². The van der Waals surface area contributed by atoms with E-state index >= 15 is 0 Å². The number of aliphatic hydroxyl groups excluding tert-OH is 1. The molecule has 0 bridgehead atoms. The maximum absolute atomic E-state index is 11.9. The summed E-state index contributed by atoms with van der Waals surface area (Å²) in [5.74, 6) is -0.159. The van der Waals surface area contributed by atoms with Gasteiger partial charge >= 0.3 is 5.97 Å². The van der Waals surface area contributed by atoms with Gasteiger partial charge in [-0.1, -0.05) is 23.8 Å². The molecule has 22 heavy (non-hydrogen) atoms. The third-order valence-electron chi connectivity index (χ3n) is 4.34. The molecule has 0 amide bonds. The fourth-order valence-electron chi connectivity index (χ4n) is 3.22. The molecule has 1 aliphatic rings. The summed E-state index contributed by atoms with van der Waals surface area (Å²) < 4.78 is 5.12. The van der Waals surface area contributed by atoms with Crippen LogP contribution in [0.2, 0.25) is 0 Å². The number of hydrogen-bond acceptors (Lipinski definition) is 4. The number of nitrogens with zero attached hydrogens (tertiary/aromatic N) is 1. The number of aryl methyl sites for hydroxylation is 2. The van der Waals surface area contributed by atoms with Gasteiger partial charge in [0.05, 0.1) is 18.6 Å². The second-order valence-corrected chi connectivity index (χ2v) is 6.23. The van der Waals surface area contributed by atoms with Crippen molar-refractivity contribution in [3.63, 3.8) is 0 Å². The summed E-state index contributed by atoms with van der Waals surface area (Å²) in [5.41, 5.74) is 3.30. The SMILES string of the molecule is CCOC(=O)C1CCCN(CC(O)c2ccc(C)cc2C)C1. The minimum atomic E-state index is -0.512. The first kappa shape index (κ1) is 17.0. The van der Waals surface area contributed by atoms with Gasteiger partial charge in [-0.3, -0.25) is 9.69 Å². The van der Waals surface area contributed by atoms with Crippen LogP contribution in [0.4, 0.5) is 0 Å². The van der Waals surface area contributed by atoms with Crippen molar-refractivity contribution in [3.8, 4) is 0 Å². The van der Waals surface area contributed by atoms with Crippen LogP contribution >= 0.6 is 0 Å². The minimum Gasteiger partial charge on any atom is -0.466 e. The Labute approximate surface area is 133 Å². The van der Waals surface area contributed by atoms with E-state index in [1.165, 1.54) is 5.56 Å². The fraction of sp³-hybridized carbons (Fsp3) is 0.611. The second kappa shape index (κ2) is 7.75. The Hall–Kier alpha value is -1.39. The molecule has 4 nitrogen and oxygen atoms in total. The van der Waals surface area contributed by atoms with Crippen molar-refractivity contribution >= 4 is 5.97 Å². The number of rotatable bonds is 5. The Balaban J connectivity index is 1.96. The first-order valence-corrected chi connectivity index (χ1v) is 8.15. The van der Waals surface area contributed by atoms with Crippen molar-refractivity contribution in [2.75, 3.05) is 26.2 Å². The van der Waals surface area contributed by atoms with Gasteiger partial charge in [0, 0.05) is 13.1 Å². The standard InChI is InChI=1S/C18H27NO3/c1-4-22-18(21)15-6-5-9-19(11-15)12-17(20)16-8-7-13(2)10-14(16)3/h7-8,10,15,17,20H,4-6,9,11-12H2,1-3H3. The molecule has 2 rings (SSSR count). The van der Waals surface area contributed by atoms with Crippen LogP contribution in [0.3, 0.4) is 0 Å². The normalized spacial score (nSPS) is 20.6. The number of β-amino-alcohol motifs (C(OH)–C–C–N with tert-alkyl or cyclic N) is 1. The molecule has 0 spiro atoms. The predicted octanol–water partition coefficient (Wildman–Crippen LogP) is 2.61. The zero-order valence-corrected chi connectivity index (χ0v) is 13.8. The topological polar surface area (TPSA) is 49.8 Å². The largest absolute Gasteiger partial charge is 0.466 e. The van der Waals surface area contributed by atoms with Gasteiger partial charge in [-0.2, -0.15) is 0 Å². The van der Waals surface area contributed by atoms with Crippen LogP contribution in [0, 0.1) is 19.8 Å². The van der Waals surface area contributed by atoms with Crippen molar-refractivity contribution in [2.45, 2.75) is 39.7 Å². The number of likely N-dealkylation sites (tertiary alicyclic amines) is 1. The molecule has 0 radical (unpaired) electrons. The average molecular weight is 305 g/mol. The summed E-state index contributed by atoms with van der Waals surface area (Å²) in [5, 5.41) is 10.5. The Morgan fingerprint density at radius 3 is 2.91 bits per heavy atom. The fourth-order valence-corrected chi connectivity index (χ4v) is 3.22. The molecule has 1 fully saturated rings. The molecular weight excluding hydrogens is 278 g/mol. The number of piperidine rings is 1. The highest BCUT2D eigenvalue weighted by Gasteiger charge is 2.28. The van der Waals surface area contributed by atoms with E-state index in [0.717, 1.165) is 30.5 Å². The number of carbonyl (C=O) groups is 1. The zero-order chi connectivity index (χ0) is 16.1. The van der Waals surface area contributed by atoms with Crippen LogP contribution in [0.25, 0.3) is 0 Å². The quantitative estimate of drug-likeness (QED) is 0.850. The summed E-state index contributed by atoms with van der Waals surface area (Å²) in [6.45, 7) is 8.53. The third kappa shape index (κ3) is 4.31. The highest BCUT2D eigenvalue weighted by molar-refractivity contribution is 5.72. The molecule has 1 N–H and O–H groups in total. The van der Waals surface area contributed by atoms with Gasteiger partial charge in [0.2, 0.25) is 0 Å². The van der Waals surface area contributed by atoms with Crippen molar-refractivity contribution in [1.82, 2.24) is 4.90 Å². The van der Waals surface area contributed by atoms with Gasteiger partial charge in [-0.25, -0.2) is 0 Å². The zero-order valence-electron chi connectivity index (χ0n) is 13.8. The molecular formula is C18H27NO3. The third-order valence-corrected chi connectivity index (χ3v) is 4.34. The maximum atomic E-state index is 11.9. The molecule has 1 aromatic carbocycles. The number of hydrogen-bond donors (Lipinski definition) is 1. The molecule has 2 unspecified atom stereocenters. The van der Waals surface area contributed by atoms with E-state index < -0.39 is 6.10 Å². The Bertz CT molecular complexity index is 515. The predicted molar refractivity (Wildman–Crippen MR) is 86.7 cm³/mol. The monoisotopic (exact) mass is 305 g/mol. The Morgan fingerprint density at radius 2 is 2.23 bits per heavy atom. The van der Waals surface area contributed by atoms with Crippen LogP contribution in [0.5, 0.6) is 0 Å². The number of aliphatic hydroxyl groups is 1. The molecule has 0 aromatic heterocycles. The molecule has 1 saturated heterocycles. The van der Waals surface area contributed by atoms with Crippen LogP contribution in [-0.2, 0) is 9.53 Å².